The molecular weight excluding hydrogens is 281 g/mol. The van der Waals surface area contributed by atoms with Gasteiger partial charge < -0.3 is 9.47 Å². The number of aryl methyl sites for hydroxylation is 1. The molecular formula is C15H15ClFNO2. The minimum absolute atomic E-state index is 0.239. The third kappa shape index (κ3) is 3.84. The Morgan fingerprint density at radius 2 is 1.95 bits per heavy atom. The van der Waals surface area contributed by atoms with Crippen molar-refractivity contribution >= 4 is 11.6 Å². The first-order valence-corrected chi connectivity index (χ1v) is 6.64. The Bertz CT molecular complexity index is 551. The zero-order valence-corrected chi connectivity index (χ0v) is 12.1. The third-order valence-electron chi connectivity index (χ3n) is 2.69. The van der Waals surface area contributed by atoms with Crippen LogP contribution in [0.5, 0.6) is 11.5 Å². The normalized spacial score (nSPS) is 10.4. The Morgan fingerprint density at radius 3 is 2.65 bits per heavy atom. The number of hydrogen-bond acceptors (Lipinski definition) is 3. The van der Waals surface area contributed by atoms with Crippen molar-refractivity contribution in [1.29, 1.82) is 0 Å². The molecule has 0 aliphatic rings. The van der Waals surface area contributed by atoms with E-state index in [0.717, 1.165) is 17.1 Å². The van der Waals surface area contributed by atoms with E-state index in [1.807, 2.05) is 13.0 Å². The summed E-state index contributed by atoms with van der Waals surface area (Å²) in [6.07, 6.45) is 0. The molecule has 20 heavy (non-hydrogen) atoms. The van der Waals surface area contributed by atoms with Gasteiger partial charge in [0.1, 0.15) is 23.9 Å². The van der Waals surface area contributed by atoms with Crippen molar-refractivity contribution in [3.8, 4) is 11.5 Å². The van der Waals surface area contributed by atoms with Crippen LogP contribution >= 0.6 is 11.6 Å². The average molecular weight is 296 g/mol. The van der Waals surface area contributed by atoms with Crippen molar-refractivity contribution < 1.29 is 13.9 Å². The van der Waals surface area contributed by atoms with Crippen LogP contribution in [-0.2, 0) is 12.5 Å². The lowest BCUT2D eigenvalue weighted by molar-refractivity contribution is 0.298. The highest BCUT2D eigenvalue weighted by atomic mass is 35.5. The molecule has 0 saturated carbocycles. The fourth-order valence-electron chi connectivity index (χ4n) is 1.83. The molecule has 0 radical (unpaired) electrons. The van der Waals surface area contributed by atoms with E-state index in [0.29, 0.717) is 11.3 Å². The van der Waals surface area contributed by atoms with E-state index < -0.39 is 0 Å². The quantitative estimate of drug-likeness (QED) is 0.785. The number of pyridine rings is 1. The van der Waals surface area contributed by atoms with Gasteiger partial charge in [0.2, 0.25) is 0 Å². The van der Waals surface area contributed by atoms with E-state index in [4.69, 9.17) is 21.1 Å². The second-order valence-corrected chi connectivity index (χ2v) is 4.62. The van der Waals surface area contributed by atoms with E-state index in [1.54, 1.807) is 19.2 Å². The van der Waals surface area contributed by atoms with Gasteiger partial charge >= 0.3 is 0 Å². The van der Waals surface area contributed by atoms with Crippen LogP contribution in [0.25, 0.3) is 0 Å². The molecule has 0 aliphatic carbocycles. The van der Waals surface area contributed by atoms with E-state index >= 15 is 0 Å². The fraction of sp³-hybridized carbons (Fsp3) is 0.267. The van der Waals surface area contributed by atoms with Gasteiger partial charge in [-0.15, -0.1) is 11.6 Å². The Labute approximate surface area is 122 Å². The predicted octanol–water partition coefficient (Wildman–Crippen LogP) is 3.86. The molecule has 1 aromatic carbocycles. The first-order valence-electron chi connectivity index (χ1n) is 6.10. The highest BCUT2D eigenvalue weighted by Gasteiger charge is 2.04. The standard InChI is InChI=1S/C15H15ClFNO2/c1-10-3-14(19-2)7-13(18-10)9-20-15-5-11(8-16)4-12(17)6-15/h3-7H,8-9H2,1-2H3. The lowest BCUT2D eigenvalue weighted by Gasteiger charge is -2.09. The van der Waals surface area contributed by atoms with Crippen LogP contribution in [0.2, 0.25) is 0 Å². The van der Waals surface area contributed by atoms with Crippen molar-refractivity contribution in [2.45, 2.75) is 19.4 Å². The largest absolute Gasteiger partial charge is 0.497 e. The summed E-state index contributed by atoms with van der Waals surface area (Å²) in [6, 6.07) is 8.03. The summed E-state index contributed by atoms with van der Waals surface area (Å²) in [5.74, 6) is 1.03. The lowest BCUT2D eigenvalue weighted by Crippen LogP contribution is -2.01. The molecule has 0 unspecified atom stereocenters. The summed E-state index contributed by atoms with van der Waals surface area (Å²) in [7, 11) is 1.60. The summed E-state index contributed by atoms with van der Waals surface area (Å²) < 4.78 is 24.1. The first-order chi connectivity index (χ1) is 9.60. The van der Waals surface area contributed by atoms with Gasteiger partial charge in [-0.3, -0.25) is 4.98 Å². The van der Waals surface area contributed by atoms with Crippen molar-refractivity contribution in [2.24, 2.45) is 0 Å². The van der Waals surface area contributed by atoms with Gasteiger partial charge in [0.25, 0.3) is 0 Å². The Hall–Kier alpha value is -1.81. The maximum atomic E-state index is 13.3. The summed E-state index contributed by atoms with van der Waals surface area (Å²) in [5, 5.41) is 0. The number of aromatic nitrogens is 1. The van der Waals surface area contributed by atoms with Gasteiger partial charge in [-0.1, -0.05) is 0 Å². The number of halogens is 2. The van der Waals surface area contributed by atoms with Crippen LogP contribution in [0, 0.1) is 12.7 Å². The number of alkyl halides is 1. The van der Waals surface area contributed by atoms with Crippen molar-refractivity contribution in [2.75, 3.05) is 7.11 Å². The first kappa shape index (κ1) is 14.6. The summed E-state index contributed by atoms with van der Waals surface area (Å²) in [5.41, 5.74) is 2.23. The molecule has 2 rings (SSSR count). The molecule has 5 heteroatoms. The summed E-state index contributed by atoms with van der Waals surface area (Å²) in [6.45, 7) is 2.11. The van der Waals surface area contributed by atoms with E-state index in [-0.39, 0.29) is 18.3 Å². The van der Waals surface area contributed by atoms with E-state index in [1.165, 1.54) is 12.1 Å². The molecule has 3 nitrogen and oxygen atoms in total. The fourth-order valence-corrected chi connectivity index (χ4v) is 1.99. The molecule has 1 heterocycles. The number of hydrogen-bond donors (Lipinski definition) is 0. The zero-order chi connectivity index (χ0) is 14.5. The number of benzene rings is 1. The predicted molar refractivity (Wildman–Crippen MR) is 75.8 cm³/mol. The van der Waals surface area contributed by atoms with Gasteiger partial charge in [-0.2, -0.15) is 0 Å². The van der Waals surface area contributed by atoms with E-state index in [9.17, 15) is 4.39 Å². The van der Waals surface area contributed by atoms with Crippen LogP contribution in [0.4, 0.5) is 4.39 Å². The van der Waals surface area contributed by atoms with Crippen molar-refractivity contribution in [3.05, 3.63) is 53.1 Å². The number of rotatable bonds is 5. The molecule has 0 spiro atoms. The number of methoxy groups -OCH3 is 1. The lowest BCUT2D eigenvalue weighted by atomic mass is 10.2. The SMILES string of the molecule is COc1cc(C)nc(COc2cc(F)cc(CCl)c2)c1. The second kappa shape index (κ2) is 6.57. The molecule has 0 bridgehead atoms. The average Bonchev–Trinajstić information content (AvgIpc) is 2.44. The molecule has 0 atom stereocenters. The van der Waals surface area contributed by atoms with Gasteiger partial charge in [0.05, 0.1) is 12.8 Å². The highest BCUT2D eigenvalue weighted by molar-refractivity contribution is 6.17. The zero-order valence-electron chi connectivity index (χ0n) is 11.3. The van der Waals surface area contributed by atoms with Crippen molar-refractivity contribution in [3.63, 3.8) is 0 Å². The highest BCUT2D eigenvalue weighted by Crippen LogP contribution is 2.20. The molecule has 0 N–H and O–H groups in total. The maximum Gasteiger partial charge on any atom is 0.130 e. The van der Waals surface area contributed by atoms with Crippen LogP contribution in [-0.4, -0.2) is 12.1 Å². The molecule has 0 amide bonds. The third-order valence-corrected chi connectivity index (χ3v) is 3.00. The Balaban J connectivity index is 2.12. The van der Waals surface area contributed by atoms with Gasteiger partial charge in [0.15, 0.2) is 0 Å². The second-order valence-electron chi connectivity index (χ2n) is 4.36. The van der Waals surface area contributed by atoms with Crippen LogP contribution in [0.1, 0.15) is 17.0 Å². The molecule has 2 aromatic rings. The maximum absolute atomic E-state index is 13.3. The number of ether oxygens (including phenoxy) is 2. The molecule has 1 aromatic heterocycles. The van der Waals surface area contributed by atoms with E-state index in [2.05, 4.69) is 4.98 Å². The van der Waals surface area contributed by atoms with Gasteiger partial charge in [0, 0.05) is 29.8 Å². The molecule has 106 valence electrons. The monoisotopic (exact) mass is 295 g/mol. The van der Waals surface area contributed by atoms with Crippen LogP contribution in [0.15, 0.2) is 30.3 Å². The van der Waals surface area contributed by atoms with Crippen LogP contribution < -0.4 is 9.47 Å². The van der Waals surface area contributed by atoms with Gasteiger partial charge in [-0.05, 0) is 24.6 Å². The molecule has 0 aliphatic heterocycles. The molecule has 0 fully saturated rings. The summed E-state index contributed by atoms with van der Waals surface area (Å²) in [4.78, 5) is 4.34. The minimum atomic E-state index is -0.368. The topological polar surface area (TPSA) is 31.4 Å². The summed E-state index contributed by atoms with van der Waals surface area (Å²) >= 11 is 5.70. The Morgan fingerprint density at radius 1 is 1.15 bits per heavy atom. The van der Waals surface area contributed by atoms with Crippen molar-refractivity contribution in [1.82, 2.24) is 4.98 Å². The van der Waals surface area contributed by atoms with Gasteiger partial charge in [-0.25, -0.2) is 4.39 Å². The Kier molecular flexibility index (Phi) is 4.79. The smallest absolute Gasteiger partial charge is 0.130 e. The number of nitrogens with zero attached hydrogens (tertiary/aromatic N) is 1. The minimum Gasteiger partial charge on any atom is -0.497 e. The molecule has 0 saturated heterocycles. The van der Waals surface area contributed by atoms with Crippen LogP contribution in [0.3, 0.4) is 0 Å².